The number of rotatable bonds is 12. The third-order valence-corrected chi connectivity index (χ3v) is 28.7. The van der Waals surface area contributed by atoms with E-state index in [1.165, 1.54) is 231 Å². The molecule has 0 N–H and O–H groups in total. The fourth-order valence-corrected chi connectivity index (χ4v) is 22.2. The van der Waals surface area contributed by atoms with Crippen molar-refractivity contribution >= 4 is 152 Å². The van der Waals surface area contributed by atoms with Gasteiger partial charge in [0, 0.05) is 98.8 Å². The van der Waals surface area contributed by atoms with Crippen molar-refractivity contribution in [3.63, 3.8) is 0 Å². The van der Waals surface area contributed by atoms with E-state index in [4.69, 9.17) is 0 Å². The van der Waals surface area contributed by atoms with Crippen molar-refractivity contribution in [1.29, 1.82) is 0 Å². The van der Waals surface area contributed by atoms with Gasteiger partial charge in [-0.25, -0.2) is 0 Å². The van der Waals surface area contributed by atoms with Crippen LogP contribution in [0.3, 0.4) is 0 Å². The summed E-state index contributed by atoms with van der Waals surface area (Å²) in [5, 5.41) is 20.2. The van der Waals surface area contributed by atoms with Gasteiger partial charge in [0.25, 0.3) is 0 Å². The number of hydrogen-bond acceptors (Lipinski definition) is 0. The van der Waals surface area contributed by atoms with Crippen LogP contribution in [0, 0.1) is 0 Å². The largest absolute Gasteiger partial charge is 0.309 e. The van der Waals surface area contributed by atoms with Gasteiger partial charge >= 0.3 is 0 Å². The smallest absolute Gasteiger partial charge is 0.0562 e. The molecule has 0 aliphatic rings. The van der Waals surface area contributed by atoms with Gasteiger partial charge in [-0.3, -0.25) is 0 Å². The Hall–Kier alpha value is -18.6. The summed E-state index contributed by atoms with van der Waals surface area (Å²) in [5.74, 6) is 0. The second-order valence-electron chi connectivity index (χ2n) is 36.6. The van der Waals surface area contributed by atoms with Crippen LogP contribution in [-0.4, -0.2) is 27.4 Å². The van der Waals surface area contributed by atoms with E-state index in [2.05, 4.69) is 561 Å². The van der Waals surface area contributed by atoms with Crippen molar-refractivity contribution in [3.05, 3.63) is 534 Å². The van der Waals surface area contributed by atoms with Gasteiger partial charge in [-0.15, -0.1) is 0 Å². The molecule has 0 aliphatic heterocycles. The van der Waals surface area contributed by atoms with Crippen LogP contribution in [0.4, 0.5) is 0 Å². The highest BCUT2D eigenvalue weighted by molar-refractivity contribution is 6.23. The molecule has 0 aliphatic carbocycles. The van der Waals surface area contributed by atoms with E-state index in [1.807, 2.05) is 0 Å². The highest BCUT2D eigenvalue weighted by Gasteiger charge is 2.25. The van der Waals surface area contributed by atoms with Gasteiger partial charge in [0.1, 0.15) is 0 Å². The van der Waals surface area contributed by atoms with Crippen LogP contribution in [0.2, 0.25) is 0 Å². The van der Waals surface area contributed by atoms with Crippen LogP contribution in [0.25, 0.3) is 253 Å². The Morgan fingerprint density at radius 3 is 0.693 bits per heavy atom. The maximum absolute atomic E-state index is 2.48. The predicted molar refractivity (Wildman–Crippen MR) is 593 cm³/mol. The lowest BCUT2D eigenvalue weighted by molar-refractivity contribution is 1.16. The average Bonchev–Trinajstić information content (AvgIpc) is 1.56. The highest BCUT2D eigenvalue weighted by Crippen LogP contribution is 2.47. The normalized spacial score (nSPS) is 11.7. The first kappa shape index (κ1) is 81.0. The molecule has 0 atom stereocenters. The van der Waals surface area contributed by atoms with Crippen molar-refractivity contribution in [2.24, 2.45) is 0 Å². The van der Waals surface area contributed by atoms with Crippen molar-refractivity contribution in [1.82, 2.24) is 27.4 Å². The minimum Gasteiger partial charge on any atom is -0.309 e. The summed E-state index contributed by atoms with van der Waals surface area (Å²) in [5.41, 5.74) is 35.9. The van der Waals surface area contributed by atoms with Crippen LogP contribution in [0.1, 0.15) is 0 Å². The lowest BCUT2D eigenvalue weighted by atomic mass is 9.94. The van der Waals surface area contributed by atoms with Gasteiger partial charge in [-0.1, -0.05) is 364 Å². The second kappa shape index (κ2) is 33.8. The second-order valence-corrected chi connectivity index (χ2v) is 36.6. The van der Waals surface area contributed by atoms with Gasteiger partial charge in [-0.2, -0.15) is 0 Å². The monoisotopic (exact) mass is 1780 g/mol. The third-order valence-electron chi connectivity index (χ3n) is 28.7. The molecule has 0 saturated carbocycles. The minimum atomic E-state index is 1.13. The summed E-state index contributed by atoms with van der Waals surface area (Å²) in [4.78, 5) is 0. The molecule has 6 heteroatoms. The zero-order valence-electron chi connectivity index (χ0n) is 76.5. The first-order valence-corrected chi connectivity index (χ1v) is 48.2. The summed E-state index contributed by atoms with van der Waals surface area (Å²) < 4.78 is 14.5. The van der Waals surface area contributed by atoms with E-state index in [1.54, 1.807) is 0 Å². The van der Waals surface area contributed by atoms with Crippen LogP contribution in [-0.2, 0) is 0 Å². The number of hydrogen-bond donors (Lipinski definition) is 0. The number of nitrogens with zero attached hydrogens (tertiary/aromatic N) is 6. The molecule has 6 heterocycles. The zero-order chi connectivity index (χ0) is 92.2. The number of para-hydroxylation sites is 9. The quantitative estimate of drug-likeness (QED) is 0.117. The molecule has 0 amide bonds. The summed E-state index contributed by atoms with van der Waals surface area (Å²) in [7, 11) is 0. The van der Waals surface area contributed by atoms with E-state index in [0.717, 1.165) is 22.7 Å². The molecular formula is C134H88N6. The molecule has 29 rings (SSSR count). The van der Waals surface area contributed by atoms with E-state index >= 15 is 0 Å². The van der Waals surface area contributed by atoms with E-state index in [9.17, 15) is 0 Å². The maximum Gasteiger partial charge on any atom is 0.0562 e. The average molecular weight is 1780 g/mol. The Labute approximate surface area is 808 Å². The van der Waals surface area contributed by atoms with E-state index in [-0.39, 0.29) is 0 Å². The highest BCUT2D eigenvalue weighted by atomic mass is 15.0. The molecule has 0 saturated heterocycles. The van der Waals surface area contributed by atoms with Gasteiger partial charge in [0.05, 0.1) is 66.2 Å². The summed E-state index contributed by atoms with van der Waals surface area (Å²) in [6.07, 6.45) is 0. The lowest BCUT2D eigenvalue weighted by Gasteiger charge is -2.15. The first-order chi connectivity index (χ1) is 69.4. The van der Waals surface area contributed by atoms with Crippen LogP contribution >= 0.6 is 0 Å². The van der Waals surface area contributed by atoms with E-state index in [0.29, 0.717) is 0 Å². The number of fused-ring (bicyclic) bond motifs is 20. The SMILES string of the molecule is c1ccc(-c2cccc(-c3cc(-c4cccc(-c5ccccc5)c4)cc(-n4c5ccccc5c5cc6c7ccccc7n(-c7ccccc7)c6cc54)c3)c2)cc1.c1ccc(-n2c3ccccc3c3cc4c5ccccc5n(-c5ccc(-c6ccc7ccccc7c6)cc5)c4cc32)cc1.c1ccc(-n2c3ccccc3c3cc4c5ccccc5n(-c5ccc(-c6cccc7ccccc67)cc5)c4cc32)cc1. The Balaban J connectivity index is 0.000000107. The lowest BCUT2D eigenvalue weighted by Crippen LogP contribution is -1.97. The molecule has 0 fully saturated rings. The van der Waals surface area contributed by atoms with Gasteiger partial charge in [0.15, 0.2) is 0 Å². The molecule has 6 nitrogen and oxygen atoms in total. The van der Waals surface area contributed by atoms with Gasteiger partial charge < -0.3 is 27.4 Å². The molecule has 654 valence electrons. The van der Waals surface area contributed by atoms with Gasteiger partial charge in [0.2, 0.25) is 0 Å². The number of benzene rings is 23. The van der Waals surface area contributed by atoms with Crippen molar-refractivity contribution < 1.29 is 0 Å². The summed E-state index contributed by atoms with van der Waals surface area (Å²) >= 11 is 0. The van der Waals surface area contributed by atoms with Gasteiger partial charge in [-0.05, 0) is 258 Å². The molecule has 0 bridgehead atoms. The molecule has 0 radical (unpaired) electrons. The molecule has 29 aromatic rings. The Kier molecular flexibility index (Phi) is 19.5. The minimum absolute atomic E-state index is 1.13. The molecule has 6 aromatic heterocycles. The molecule has 0 spiro atoms. The Bertz CT molecular complexity index is 9790. The molecule has 0 unspecified atom stereocenters. The maximum atomic E-state index is 2.48. The topological polar surface area (TPSA) is 29.6 Å². The van der Waals surface area contributed by atoms with Crippen LogP contribution in [0.15, 0.2) is 534 Å². The fourth-order valence-electron chi connectivity index (χ4n) is 22.2. The van der Waals surface area contributed by atoms with E-state index < -0.39 is 0 Å². The summed E-state index contributed by atoms with van der Waals surface area (Å²) in [6, 6.07) is 194. The zero-order valence-corrected chi connectivity index (χ0v) is 76.5. The Morgan fingerprint density at radius 1 is 0.0929 bits per heavy atom. The fraction of sp³-hybridized carbons (Fsp3) is 0. The predicted octanol–water partition coefficient (Wildman–Crippen LogP) is 36.0. The number of aromatic nitrogens is 6. The molecule has 140 heavy (non-hydrogen) atoms. The summed E-state index contributed by atoms with van der Waals surface area (Å²) in [6.45, 7) is 0. The van der Waals surface area contributed by atoms with Crippen LogP contribution < -0.4 is 0 Å². The van der Waals surface area contributed by atoms with Crippen molar-refractivity contribution in [2.45, 2.75) is 0 Å². The molecule has 23 aromatic carbocycles. The molecular weight excluding hydrogens is 1690 g/mol. The Morgan fingerprint density at radius 2 is 0.329 bits per heavy atom. The van der Waals surface area contributed by atoms with Crippen LogP contribution in [0.5, 0.6) is 0 Å². The van der Waals surface area contributed by atoms with Crippen molar-refractivity contribution in [2.75, 3.05) is 0 Å². The standard InChI is InChI=1S/C54H36N2.2C40H26N2/c1-4-16-37(17-5-1)39-20-14-22-41(30-39)43-32-44(42-23-15-21-40(31-42)38-18-6-2-7-19-38)34-46(33-43)56-52-29-13-11-27-48(52)50-35-49-47-26-10-12-28-51(47)55(53(49)36-54(50)56)45-24-8-3-9-25-45;1-2-13-29(14-3-1)41-37-19-8-6-16-33(37)35-25-36-34-17-7-9-20-38(34)42(40(36)26-39(35)41)30-23-21-28(22-24-30)32-18-10-12-27-11-4-5-15-31(27)32;1-2-12-31(13-3-1)41-37-16-8-6-14-33(37)35-25-36-34-15-7-9-17-38(34)42(40(36)26-39(35)41)32-22-20-28(21-23-32)30-19-18-27-10-4-5-11-29(27)24-30/h1-36H;2*1-26H. The van der Waals surface area contributed by atoms with Crippen molar-refractivity contribution in [3.8, 4) is 101 Å². The third kappa shape index (κ3) is 13.8. The first-order valence-electron chi connectivity index (χ1n) is 48.2.